The van der Waals surface area contributed by atoms with Gasteiger partial charge in [0, 0.05) is 0 Å². The summed E-state index contributed by atoms with van der Waals surface area (Å²) in [5.74, 6) is 0.0966. The molecule has 0 unspecified atom stereocenters. The SMILES string of the molecule is C=CC(=O)C1(OC2CCCCC2)CCC1. The Morgan fingerprint density at radius 3 is 2.33 bits per heavy atom. The fourth-order valence-electron chi connectivity index (χ4n) is 2.61. The van der Waals surface area contributed by atoms with Gasteiger partial charge in [-0.1, -0.05) is 25.8 Å². The molecule has 2 rings (SSSR count). The molecule has 0 heterocycles. The Morgan fingerprint density at radius 1 is 1.20 bits per heavy atom. The fourth-order valence-corrected chi connectivity index (χ4v) is 2.61. The van der Waals surface area contributed by atoms with Gasteiger partial charge in [0.05, 0.1) is 6.10 Å². The molecule has 0 aliphatic heterocycles. The topological polar surface area (TPSA) is 26.3 Å². The van der Waals surface area contributed by atoms with E-state index in [0.29, 0.717) is 6.10 Å². The van der Waals surface area contributed by atoms with E-state index in [1.807, 2.05) is 0 Å². The number of ketones is 1. The van der Waals surface area contributed by atoms with Crippen molar-refractivity contribution in [3.05, 3.63) is 12.7 Å². The molecule has 0 atom stereocenters. The average Bonchev–Trinajstić information content (AvgIpc) is 2.24. The van der Waals surface area contributed by atoms with E-state index in [1.165, 1.54) is 25.3 Å². The molecule has 2 heteroatoms. The molecule has 0 spiro atoms. The fraction of sp³-hybridized carbons (Fsp3) is 0.769. The summed E-state index contributed by atoms with van der Waals surface area (Å²) < 4.78 is 6.05. The summed E-state index contributed by atoms with van der Waals surface area (Å²) in [6, 6.07) is 0. The Kier molecular flexibility index (Phi) is 3.25. The second kappa shape index (κ2) is 4.48. The summed E-state index contributed by atoms with van der Waals surface area (Å²) in [5.41, 5.74) is -0.468. The Bertz CT molecular complexity index is 247. The monoisotopic (exact) mass is 208 g/mol. The van der Waals surface area contributed by atoms with E-state index in [0.717, 1.165) is 32.1 Å². The van der Waals surface area contributed by atoms with Crippen LogP contribution in [-0.4, -0.2) is 17.5 Å². The lowest BCUT2D eigenvalue weighted by Crippen LogP contribution is -2.49. The Balaban J connectivity index is 1.94. The van der Waals surface area contributed by atoms with Crippen molar-refractivity contribution in [3.8, 4) is 0 Å². The van der Waals surface area contributed by atoms with Crippen LogP contribution in [0.3, 0.4) is 0 Å². The van der Waals surface area contributed by atoms with Crippen LogP contribution in [0.25, 0.3) is 0 Å². The van der Waals surface area contributed by atoms with Gasteiger partial charge in [-0.25, -0.2) is 0 Å². The van der Waals surface area contributed by atoms with Crippen LogP contribution in [-0.2, 0) is 9.53 Å². The van der Waals surface area contributed by atoms with Gasteiger partial charge in [0.1, 0.15) is 5.60 Å². The zero-order valence-corrected chi connectivity index (χ0v) is 9.34. The van der Waals surface area contributed by atoms with Crippen molar-refractivity contribution in [2.24, 2.45) is 0 Å². The van der Waals surface area contributed by atoms with Gasteiger partial charge in [0.25, 0.3) is 0 Å². The predicted molar refractivity (Wildman–Crippen MR) is 59.7 cm³/mol. The molecule has 15 heavy (non-hydrogen) atoms. The summed E-state index contributed by atoms with van der Waals surface area (Å²) in [7, 11) is 0. The highest BCUT2D eigenvalue weighted by molar-refractivity contribution is 5.97. The zero-order chi connectivity index (χ0) is 10.7. The van der Waals surface area contributed by atoms with Crippen LogP contribution in [0.4, 0.5) is 0 Å². The number of rotatable bonds is 4. The molecule has 2 aliphatic carbocycles. The molecule has 2 saturated carbocycles. The Hall–Kier alpha value is -0.630. The standard InChI is InChI=1S/C13H20O2/c1-2-12(14)13(9-6-10-13)15-11-7-4-3-5-8-11/h2,11H,1,3-10H2. The molecule has 84 valence electrons. The van der Waals surface area contributed by atoms with Gasteiger partial charge in [0.2, 0.25) is 0 Å². The van der Waals surface area contributed by atoms with Gasteiger partial charge in [-0.2, -0.15) is 0 Å². The minimum atomic E-state index is -0.468. The van der Waals surface area contributed by atoms with Crippen molar-refractivity contribution in [2.75, 3.05) is 0 Å². The third kappa shape index (κ3) is 2.15. The van der Waals surface area contributed by atoms with Gasteiger partial charge >= 0.3 is 0 Å². The first kappa shape index (κ1) is 10.9. The lowest BCUT2D eigenvalue weighted by atomic mass is 9.76. The Morgan fingerprint density at radius 2 is 1.87 bits per heavy atom. The Labute approximate surface area is 91.7 Å². The average molecular weight is 208 g/mol. The van der Waals surface area contributed by atoms with E-state index < -0.39 is 5.60 Å². The van der Waals surface area contributed by atoms with Gasteiger partial charge in [-0.3, -0.25) is 4.79 Å². The second-order valence-electron chi connectivity index (χ2n) is 4.79. The molecule has 0 aromatic rings. The minimum absolute atomic E-state index is 0.0966. The van der Waals surface area contributed by atoms with Gasteiger partial charge in [-0.15, -0.1) is 0 Å². The molecule has 2 fully saturated rings. The third-order valence-corrected chi connectivity index (χ3v) is 3.74. The minimum Gasteiger partial charge on any atom is -0.364 e. The van der Waals surface area contributed by atoms with E-state index in [9.17, 15) is 4.79 Å². The summed E-state index contributed by atoms with van der Waals surface area (Å²) in [6.07, 6.45) is 10.8. The lowest BCUT2D eigenvalue weighted by Gasteiger charge is -2.42. The molecule has 0 bridgehead atoms. The van der Waals surface area contributed by atoms with Crippen molar-refractivity contribution < 1.29 is 9.53 Å². The van der Waals surface area contributed by atoms with Crippen LogP contribution < -0.4 is 0 Å². The lowest BCUT2D eigenvalue weighted by molar-refractivity contribution is -0.168. The normalized spacial score (nSPS) is 25.6. The van der Waals surface area contributed by atoms with Crippen molar-refractivity contribution in [2.45, 2.75) is 63.1 Å². The second-order valence-corrected chi connectivity index (χ2v) is 4.79. The quantitative estimate of drug-likeness (QED) is 0.664. The molecule has 2 aliphatic rings. The number of carbonyl (C=O) groups excluding carboxylic acids is 1. The predicted octanol–water partition coefficient (Wildman–Crippen LogP) is 3.01. The summed E-state index contributed by atoms with van der Waals surface area (Å²) in [6.45, 7) is 3.57. The highest BCUT2D eigenvalue weighted by Gasteiger charge is 2.45. The van der Waals surface area contributed by atoms with E-state index >= 15 is 0 Å². The summed E-state index contributed by atoms with van der Waals surface area (Å²) in [4.78, 5) is 11.7. The van der Waals surface area contributed by atoms with Crippen molar-refractivity contribution in [3.63, 3.8) is 0 Å². The van der Waals surface area contributed by atoms with E-state index in [2.05, 4.69) is 6.58 Å². The van der Waals surface area contributed by atoms with E-state index in [4.69, 9.17) is 4.74 Å². The number of hydrogen-bond acceptors (Lipinski definition) is 2. The van der Waals surface area contributed by atoms with Crippen LogP contribution in [0.2, 0.25) is 0 Å². The van der Waals surface area contributed by atoms with Gasteiger partial charge in [-0.05, 0) is 38.2 Å². The zero-order valence-electron chi connectivity index (χ0n) is 9.34. The van der Waals surface area contributed by atoms with Crippen molar-refractivity contribution in [1.29, 1.82) is 0 Å². The molecular formula is C13H20O2. The summed E-state index contributed by atoms with van der Waals surface area (Å²) in [5, 5.41) is 0. The number of hydrogen-bond donors (Lipinski definition) is 0. The molecule has 0 N–H and O–H groups in total. The first-order valence-corrected chi connectivity index (χ1v) is 6.11. The van der Waals surface area contributed by atoms with E-state index in [-0.39, 0.29) is 5.78 Å². The van der Waals surface area contributed by atoms with Gasteiger partial charge in [0.15, 0.2) is 5.78 Å². The maximum Gasteiger partial charge on any atom is 0.186 e. The van der Waals surface area contributed by atoms with E-state index in [1.54, 1.807) is 0 Å². The van der Waals surface area contributed by atoms with Crippen LogP contribution in [0, 0.1) is 0 Å². The molecule has 0 amide bonds. The first-order chi connectivity index (χ1) is 7.27. The van der Waals surface area contributed by atoms with Crippen LogP contribution >= 0.6 is 0 Å². The summed E-state index contributed by atoms with van der Waals surface area (Å²) >= 11 is 0. The number of carbonyl (C=O) groups is 1. The first-order valence-electron chi connectivity index (χ1n) is 6.11. The highest BCUT2D eigenvalue weighted by Crippen LogP contribution is 2.39. The number of ether oxygens (including phenoxy) is 1. The largest absolute Gasteiger partial charge is 0.364 e. The smallest absolute Gasteiger partial charge is 0.186 e. The molecule has 0 aromatic heterocycles. The maximum atomic E-state index is 11.7. The third-order valence-electron chi connectivity index (χ3n) is 3.74. The highest BCUT2D eigenvalue weighted by atomic mass is 16.5. The van der Waals surface area contributed by atoms with Crippen molar-refractivity contribution in [1.82, 2.24) is 0 Å². The molecule has 0 saturated heterocycles. The molecule has 0 aromatic carbocycles. The van der Waals surface area contributed by atoms with Crippen molar-refractivity contribution >= 4 is 5.78 Å². The van der Waals surface area contributed by atoms with Crippen LogP contribution in [0.15, 0.2) is 12.7 Å². The maximum absolute atomic E-state index is 11.7. The molecular weight excluding hydrogens is 188 g/mol. The van der Waals surface area contributed by atoms with Crippen LogP contribution in [0.1, 0.15) is 51.4 Å². The molecule has 0 radical (unpaired) electrons. The van der Waals surface area contributed by atoms with Gasteiger partial charge < -0.3 is 4.74 Å². The molecule has 2 nitrogen and oxygen atoms in total. The van der Waals surface area contributed by atoms with Crippen LogP contribution in [0.5, 0.6) is 0 Å².